The topological polar surface area (TPSA) is 113 Å². The summed E-state index contributed by atoms with van der Waals surface area (Å²) in [6.07, 6.45) is 1.67. The summed E-state index contributed by atoms with van der Waals surface area (Å²) >= 11 is 0. The van der Waals surface area contributed by atoms with Crippen molar-refractivity contribution >= 4 is 21.4 Å². The summed E-state index contributed by atoms with van der Waals surface area (Å²) in [6.45, 7) is 3.83. The molecule has 2 aromatic heterocycles. The number of anilines is 1. The number of nitrogens with one attached hydrogen (secondary N) is 1. The van der Waals surface area contributed by atoms with E-state index in [9.17, 15) is 8.42 Å². The fourth-order valence-electron chi connectivity index (χ4n) is 3.88. The first-order valence-corrected chi connectivity index (χ1v) is 12.0. The van der Waals surface area contributed by atoms with Gasteiger partial charge in [-0.25, -0.2) is 17.9 Å². The monoisotopic (exact) mass is 498 g/mol. The van der Waals surface area contributed by atoms with Crippen molar-refractivity contribution in [1.82, 2.24) is 14.6 Å². The van der Waals surface area contributed by atoms with Gasteiger partial charge in [-0.15, -0.1) is 0 Å². The summed E-state index contributed by atoms with van der Waals surface area (Å²) in [4.78, 5) is 4.55. The zero-order valence-electron chi connectivity index (χ0n) is 20.2. The van der Waals surface area contributed by atoms with E-state index in [1.807, 2.05) is 19.9 Å². The first kappa shape index (κ1) is 24.1. The van der Waals surface area contributed by atoms with Crippen molar-refractivity contribution in [2.45, 2.75) is 18.7 Å². The molecule has 0 atom stereocenters. The molecule has 0 saturated carbocycles. The molecule has 2 aromatic carbocycles. The Morgan fingerprint density at radius 2 is 1.51 bits per heavy atom. The number of methoxy groups -OCH3 is 4. The van der Waals surface area contributed by atoms with Crippen LogP contribution in [0.3, 0.4) is 0 Å². The maximum Gasteiger partial charge on any atom is 0.265 e. The predicted molar refractivity (Wildman–Crippen MR) is 131 cm³/mol. The number of sulfonamides is 1. The van der Waals surface area contributed by atoms with Crippen molar-refractivity contribution in [2.75, 3.05) is 33.2 Å². The third-order valence-corrected chi connectivity index (χ3v) is 6.86. The maximum atomic E-state index is 13.5. The first-order chi connectivity index (χ1) is 16.7. The van der Waals surface area contributed by atoms with E-state index in [0.29, 0.717) is 34.0 Å². The van der Waals surface area contributed by atoms with Crippen LogP contribution in [0.2, 0.25) is 0 Å². The van der Waals surface area contributed by atoms with Gasteiger partial charge in [-0.05, 0) is 37.6 Å². The van der Waals surface area contributed by atoms with Crippen LogP contribution in [-0.2, 0) is 10.0 Å². The molecule has 0 saturated heterocycles. The number of rotatable bonds is 8. The van der Waals surface area contributed by atoms with E-state index in [0.717, 1.165) is 11.4 Å². The Kier molecular flexibility index (Phi) is 6.44. The van der Waals surface area contributed by atoms with Gasteiger partial charge in [-0.1, -0.05) is 6.07 Å². The third kappa shape index (κ3) is 4.42. The van der Waals surface area contributed by atoms with Gasteiger partial charge in [0.2, 0.25) is 5.75 Å². The van der Waals surface area contributed by atoms with Crippen LogP contribution in [0.25, 0.3) is 16.8 Å². The smallest absolute Gasteiger partial charge is 0.265 e. The lowest BCUT2D eigenvalue weighted by Gasteiger charge is -2.16. The van der Waals surface area contributed by atoms with Gasteiger partial charge >= 0.3 is 0 Å². The molecule has 10 nitrogen and oxygen atoms in total. The molecule has 0 amide bonds. The highest BCUT2D eigenvalue weighted by Crippen LogP contribution is 2.41. The maximum absolute atomic E-state index is 13.5. The Labute approximate surface area is 203 Å². The molecule has 35 heavy (non-hydrogen) atoms. The first-order valence-electron chi connectivity index (χ1n) is 10.6. The van der Waals surface area contributed by atoms with Gasteiger partial charge in [0.15, 0.2) is 17.1 Å². The number of benzene rings is 2. The van der Waals surface area contributed by atoms with Crippen molar-refractivity contribution in [3.05, 3.63) is 54.0 Å². The van der Waals surface area contributed by atoms with E-state index < -0.39 is 10.0 Å². The molecule has 0 bridgehead atoms. The normalized spacial score (nSPS) is 11.4. The van der Waals surface area contributed by atoms with Crippen molar-refractivity contribution in [1.29, 1.82) is 0 Å². The molecule has 4 rings (SSSR count). The van der Waals surface area contributed by atoms with Crippen LogP contribution in [0, 0.1) is 13.8 Å². The highest BCUT2D eigenvalue weighted by molar-refractivity contribution is 7.92. The minimum absolute atomic E-state index is 0.0463. The second-order valence-corrected chi connectivity index (χ2v) is 9.37. The van der Waals surface area contributed by atoms with Crippen LogP contribution >= 0.6 is 0 Å². The number of nitrogens with zero attached hydrogens (tertiary/aromatic N) is 3. The van der Waals surface area contributed by atoms with Gasteiger partial charge in [0.25, 0.3) is 10.0 Å². The fourth-order valence-corrected chi connectivity index (χ4v) is 5.11. The van der Waals surface area contributed by atoms with Crippen molar-refractivity contribution in [2.24, 2.45) is 0 Å². The van der Waals surface area contributed by atoms with E-state index in [4.69, 9.17) is 18.9 Å². The highest BCUT2D eigenvalue weighted by Gasteiger charge is 2.24. The van der Waals surface area contributed by atoms with Crippen LogP contribution in [0.5, 0.6) is 23.0 Å². The van der Waals surface area contributed by atoms with Gasteiger partial charge in [-0.2, -0.15) is 5.10 Å². The SMILES string of the molecule is COc1ccc(-c2cnn3c(C)cc(C)nc23)cc1S(=O)(=O)Nc1cc(OC)c(OC)c(OC)c1. The summed E-state index contributed by atoms with van der Waals surface area (Å²) in [5.74, 6) is 1.16. The Hall–Kier alpha value is -3.99. The summed E-state index contributed by atoms with van der Waals surface area (Å²) in [6, 6.07) is 9.86. The lowest BCUT2D eigenvalue weighted by Crippen LogP contribution is -2.14. The molecule has 0 fully saturated rings. The average molecular weight is 499 g/mol. The Balaban J connectivity index is 1.81. The lowest BCUT2D eigenvalue weighted by molar-refractivity contribution is 0.324. The van der Waals surface area contributed by atoms with Gasteiger partial charge < -0.3 is 18.9 Å². The van der Waals surface area contributed by atoms with Crippen molar-refractivity contribution in [3.8, 4) is 34.1 Å². The Bertz CT molecular complexity index is 1490. The average Bonchev–Trinajstić information content (AvgIpc) is 3.26. The number of hydrogen-bond acceptors (Lipinski definition) is 8. The highest BCUT2D eigenvalue weighted by atomic mass is 32.2. The summed E-state index contributed by atoms with van der Waals surface area (Å²) < 4.78 is 52.6. The lowest BCUT2D eigenvalue weighted by atomic mass is 10.1. The standard InChI is InChI=1S/C24H26N4O6S/c1-14-9-15(2)28-24(26-14)18(13-25-28)16-7-8-19(31-3)22(10-16)35(29,30)27-17-11-20(32-4)23(34-6)21(12-17)33-5/h7-13,27H,1-6H3. The summed E-state index contributed by atoms with van der Waals surface area (Å²) in [7, 11) is 1.71. The quantitative estimate of drug-likeness (QED) is 0.390. The molecule has 184 valence electrons. The number of aryl methyl sites for hydroxylation is 2. The molecule has 0 spiro atoms. The van der Waals surface area contributed by atoms with Crippen molar-refractivity contribution in [3.63, 3.8) is 0 Å². The van der Waals surface area contributed by atoms with E-state index in [1.54, 1.807) is 22.8 Å². The number of ether oxygens (including phenoxy) is 4. The van der Waals surface area contributed by atoms with E-state index >= 15 is 0 Å². The molecule has 0 unspecified atom stereocenters. The molecule has 0 aliphatic rings. The zero-order valence-corrected chi connectivity index (χ0v) is 21.1. The predicted octanol–water partition coefficient (Wildman–Crippen LogP) is 3.85. The Morgan fingerprint density at radius 1 is 0.857 bits per heavy atom. The van der Waals surface area contributed by atoms with Crippen LogP contribution in [-0.4, -0.2) is 51.5 Å². The molecule has 1 N–H and O–H groups in total. The van der Waals surface area contributed by atoms with Crippen molar-refractivity contribution < 1.29 is 27.4 Å². The molecule has 2 heterocycles. The van der Waals surface area contributed by atoms with Crippen LogP contribution < -0.4 is 23.7 Å². The molecule has 0 aliphatic heterocycles. The Morgan fingerprint density at radius 3 is 2.11 bits per heavy atom. The minimum atomic E-state index is -4.08. The second-order valence-electron chi connectivity index (χ2n) is 7.72. The minimum Gasteiger partial charge on any atom is -0.495 e. The van der Waals surface area contributed by atoms with E-state index in [-0.39, 0.29) is 16.3 Å². The van der Waals surface area contributed by atoms with Gasteiger partial charge in [0, 0.05) is 29.1 Å². The van der Waals surface area contributed by atoms with E-state index in [1.165, 1.54) is 46.6 Å². The molecule has 0 radical (unpaired) electrons. The summed E-state index contributed by atoms with van der Waals surface area (Å²) in [5.41, 5.74) is 3.95. The number of fused-ring (bicyclic) bond motifs is 1. The van der Waals surface area contributed by atoms with Crippen LogP contribution in [0.15, 0.2) is 47.5 Å². The van der Waals surface area contributed by atoms with Crippen LogP contribution in [0.4, 0.5) is 5.69 Å². The molecule has 11 heteroatoms. The molecular formula is C24H26N4O6S. The van der Waals surface area contributed by atoms with Gasteiger partial charge in [-0.3, -0.25) is 4.72 Å². The van der Waals surface area contributed by atoms with Gasteiger partial charge in [0.1, 0.15) is 10.6 Å². The molecular weight excluding hydrogens is 472 g/mol. The molecule has 0 aliphatic carbocycles. The molecule has 4 aromatic rings. The zero-order chi connectivity index (χ0) is 25.3. The number of hydrogen-bond donors (Lipinski definition) is 1. The van der Waals surface area contributed by atoms with Gasteiger partial charge in [0.05, 0.1) is 40.3 Å². The second kappa shape index (κ2) is 9.34. The largest absolute Gasteiger partial charge is 0.495 e. The fraction of sp³-hybridized carbons (Fsp3) is 0.250. The third-order valence-electron chi connectivity index (χ3n) is 5.46. The summed E-state index contributed by atoms with van der Waals surface area (Å²) in [5, 5.41) is 4.41. The van der Waals surface area contributed by atoms with Crippen LogP contribution in [0.1, 0.15) is 11.4 Å². The number of aromatic nitrogens is 3. The van der Waals surface area contributed by atoms with E-state index in [2.05, 4.69) is 14.8 Å².